The highest BCUT2D eigenvalue weighted by Gasteiger charge is 2.26. The number of carbonyl (C=O) groups excluding carboxylic acids is 1. The standard InChI is InChI=1S/C14H20O3/c1-3-12(13(16)10-15)14(4-2)17-11-8-6-5-7-9-11/h5-9,12,14-15H,3-4,10H2,1-2H3/t12-,14+/m0/s1. The molecular formula is C14H20O3. The van der Waals surface area contributed by atoms with Gasteiger partial charge in [-0.2, -0.15) is 0 Å². The van der Waals surface area contributed by atoms with Crippen LogP contribution < -0.4 is 4.74 Å². The average molecular weight is 236 g/mol. The minimum atomic E-state index is -0.410. The van der Waals surface area contributed by atoms with Crippen molar-refractivity contribution >= 4 is 5.78 Å². The van der Waals surface area contributed by atoms with Gasteiger partial charge in [0, 0.05) is 0 Å². The van der Waals surface area contributed by atoms with Crippen LogP contribution in [0.25, 0.3) is 0 Å². The van der Waals surface area contributed by atoms with Crippen molar-refractivity contribution in [2.75, 3.05) is 6.61 Å². The minimum Gasteiger partial charge on any atom is -0.490 e. The predicted octanol–water partition coefficient (Wildman–Crippen LogP) is 2.43. The highest BCUT2D eigenvalue weighted by molar-refractivity contribution is 5.82. The molecule has 0 unspecified atom stereocenters. The SMILES string of the molecule is CC[C@@H](Oc1ccccc1)[C@@H](CC)C(=O)CO. The van der Waals surface area contributed by atoms with Crippen molar-refractivity contribution in [1.29, 1.82) is 0 Å². The second kappa shape index (κ2) is 7.07. The van der Waals surface area contributed by atoms with E-state index in [1.807, 2.05) is 44.2 Å². The van der Waals surface area contributed by atoms with Crippen LogP contribution >= 0.6 is 0 Å². The van der Waals surface area contributed by atoms with Gasteiger partial charge in [-0.3, -0.25) is 4.79 Å². The van der Waals surface area contributed by atoms with E-state index in [-0.39, 0.29) is 17.8 Å². The van der Waals surface area contributed by atoms with Gasteiger partial charge in [-0.05, 0) is 25.0 Å². The van der Waals surface area contributed by atoms with E-state index in [2.05, 4.69) is 0 Å². The summed E-state index contributed by atoms with van der Waals surface area (Å²) in [5.74, 6) is 0.393. The Hall–Kier alpha value is -1.35. The molecule has 0 spiro atoms. The summed E-state index contributed by atoms with van der Waals surface area (Å²) in [6.07, 6.45) is 1.27. The van der Waals surface area contributed by atoms with E-state index >= 15 is 0 Å². The molecule has 0 saturated heterocycles. The molecule has 0 aliphatic carbocycles. The molecule has 2 atom stereocenters. The molecule has 0 fully saturated rings. The number of ketones is 1. The quantitative estimate of drug-likeness (QED) is 0.791. The van der Waals surface area contributed by atoms with E-state index in [0.717, 1.165) is 12.2 Å². The first-order chi connectivity index (χ1) is 8.22. The molecular weight excluding hydrogens is 216 g/mol. The number of carbonyl (C=O) groups is 1. The highest BCUT2D eigenvalue weighted by Crippen LogP contribution is 2.20. The first-order valence-electron chi connectivity index (χ1n) is 6.08. The third kappa shape index (κ3) is 3.86. The number of ether oxygens (including phenoxy) is 1. The average Bonchev–Trinajstić information content (AvgIpc) is 2.39. The topological polar surface area (TPSA) is 46.5 Å². The lowest BCUT2D eigenvalue weighted by Gasteiger charge is -2.24. The fourth-order valence-electron chi connectivity index (χ4n) is 1.94. The number of rotatable bonds is 7. The van der Waals surface area contributed by atoms with Crippen molar-refractivity contribution in [3.8, 4) is 5.75 Å². The third-order valence-electron chi connectivity index (χ3n) is 2.89. The summed E-state index contributed by atoms with van der Waals surface area (Å²) in [4.78, 5) is 11.6. The van der Waals surface area contributed by atoms with Crippen LogP contribution in [0, 0.1) is 5.92 Å². The Morgan fingerprint density at radius 1 is 1.24 bits per heavy atom. The molecule has 0 radical (unpaired) electrons. The predicted molar refractivity (Wildman–Crippen MR) is 67.0 cm³/mol. The Morgan fingerprint density at radius 2 is 1.88 bits per heavy atom. The van der Waals surface area contributed by atoms with Gasteiger partial charge in [0.15, 0.2) is 5.78 Å². The molecule has 0 bridgehead atoms. The van der Waals surface area contributed by atoms with Gasteiger partial charge in [-0.1, -0.05) is 32.0 Å². The molecule has 0 aliphatic rings. The largest absolute Gasteiger partial charge is 0.490 e. The van der Waals surface area contributed by atoms with E-state index < -0.39 is 6.61 Å². The van der Waals surface area contributed by atoms with Gasteiger partial charge in [-0.15, -0.1) is 0 Å². The van der Waals surface area contributed by atoms with Gasteiger partial charge >= 0.3 is 0 Å². The van der Waals surface area contributed by atoms with E-state index in [1.54, 1.807) is 0 Å². The Balaban J connectivity index is 2.73. The van der Waals surface area contributed by atoms with Crippen LogP contribution in [-0.4, -0.2) is 23.6 Å². The fourth-order valence-corrected chi connectivity index (χ4v) is 1.94. The van der Waals surface area contributed by atoms with Crippen LogP contribution in [0.15, 0.2) is 30.3 Å². The summed E-state index contributed by atoms with van der Waals surface area (Å²) in [5.41, 5.74) is 0. The van der Waals surface area contributed by atoms with Gasteiger partial charge in [0.05, 0.1) is 5.92 Å². The zero-order valence-electron chi connectivity index (χ0n) is 10.4. The Labute approximate surface area is 102 Å². The normalized spacial score (nSPS) is 14.1. The molecule has 1 aromatic rings. The maximum absolute atomic E-state index is 11.6. The van der Waals surface area contributed by atoms with Crippen molar-refractivity contribution in [1.82, 2.24) is 0 Å². The van der Waals surface area contributed by atoms with Gasteiger partial charge in [0.2, 0.25) is 0 Å². The van der Waals surface area contributed by atoms with E-state index in [4.69, 9.17) is 9.84 Å². The van der Waals surface area contributed by atoms with Gasteiger partial charge in [0.25, 0.3) is 0 Å². The van der Waals surface area contributed by atoms with Crippen LogP contribution in [0.2, 0.25) is 0 Å². The molecule has 1 rings (SSSR count). The Morgan fingerprint density at radius 3 is 2.35 bits per heavy atom. The van der Waals surface area contributed by atoms with Crippen molar-refractivity contribution in [3.63, 3.8) is 0 Å². The summed E-state index contributed by atoms with van der Waals surface area (Å²) in [7, 11) is 0. The van der Waals surface area contributed by atoms with E-state index in [1.165, 1.54) is 0 Å². The maximum Gasteiger partial charge on any atom is 0.164 e. The number of aliphatic hydroxyl groups excluding tert-OH is 1. The molecule has 0 saturated carbocycles. The molecule has 1 N–H and O–H groups in total. The van der Waals surface area contributed by atoms with Crippen molar-refractivity contribution in [2.45, 2.75) is 32.8 Å². The molecule has 1 aromatic carbocycles. The van der Waals surface area contributed by atoms with Gasteiger partial charge in [0.1, 0.15) is 18.5 Å². The Kier molecular flexibility index (Phi) is 5.70. The van der Waals surface area contributed by atoms with Crippen molar-refractivity contribution in [2.24, 2.45) is 5.92 Å². The van der Waals surface area contributed by atoms with Crippen molar-refractivity contribution < 1.29 is 14.6 Å². The van der Waals surface area contributed by atoms with E-state index in [0.29, 0.717) is 6.42 Å². The molecule has 0 amide bonds. The molecule has 17 heavy (non-hydrogen) atoms. The first-order valence-corrected chi connectivity index (χ1v) is 6.08. The van der Waals surface area contributed by atoms with Crippen LogP contribution in [0.1, 0.15) is 26.7 Å². The zero-order chi connectivity index (χ0) is 12.7. The first kappa shape index (κ1) is 13.7. The van der Waals surface area contributed by atoms with Gasteiger partial charge < -0.3 is 9.84 Å². The van der Waals surface area contributed by atoms with E-state index in [9.17, 15) is 4.79 Å². The van der Waals surface area contributed by atoms with Crippen molar-refractivity contribution in [3.05, 3.63) is 30.3 Å². The summed E-state index contributed by atoms with van der Waals surface area (Å²) in [6.45, 7) is 3.52. The Bertz CT molecular complexity index is 335. The lowest BCUT2D eigenvalue weighted by Crippen LogP contribution is -2.33. The third-order valence-corrected chi connectivity index (χ3v) is 2.89. The number of hydrogen-bond acceptors (Lipinski definition) is 3. The summed E-state index contributed by atoms with van der Waals surface area (Å²) in [6, 6.07) is 9.47. The molecule has 0 heterocycles. The zero-order valence-corrected chi connectivity index (χ0v) is 10.4. The summed E-state index contributed by atoms with van der Waals surface area (Å²) in [5, 5.41) is 8.94. The van der Waals surface area contributed by atoms with Crippen LogP contribution in [0.4, 0.5) is 0 Å². The number of para-hydroxylation sites is 1. The number of benzene rings is 1. The van der Waals surface area contributed by atoms with Crippen LogP contribution in [0.5, 0.6) is 5.75 Å². The minimum absolute atomic E-state index is 0.143. The molecule has 94 valence electrons. The van der Waals surface area contributed by atoms with Gasteiger partial charge in [-0.25, -0.2) is 0 Å². The summed E-state index contributed by atoms with van der Waals surface area (Å²) >= 11 is 0. The molecule has 0 aromatic heterocycles. The second-order valence-corrected chi connectivity index (χ2v) is 4.02. The number of Topliss-reactive ketones (excluding diaryl/α,β-unsaturated/α-hetero) is 1. The lowest BCUT2D eigenvalue weighted by molar-refractivity contribution is -0.128. The van der Waals surface area contributed by atoms with Crippen LogP contribution in [0.3, 0.4) is 0 Å². The fraction of sp³-hybridized carbons (Fsp3) is 0.500. The number of hydrogen-bond donors (Lipinski definition) is 1. The molecule has 3 heteroatoms. The molecule has 3 nitrogen and oxygen atoms in total. The summed E-state index contributed by atoms with van der Waals surface area (Å²) < 4.78 is 5.81. The monoisotopic (exact) mass is 236 g/mol. The second-order valence-electron chi connectivity index (χ2n) is 4.02. The molecule has 0 aliphatic heterocycles. The maximum atomic E-state index is 11.6. The number of aliphatic hydroxyl groups is 1. The lowest BCUT2D eigenvalue weighted by atomic mass is 9.93. The highest BCUT2D eigenvalue weighted by atomic mass is 16.5. The van der Waals surface area contributed by atoms with Crippen LogP contribution in [-0.2, 0) is 4.79 Å². The smallest absolute Gasteiger partial charge is 0.164 e.